The third-order valence-corrected chi connectivity index (χ3v) is 5.94. The Morgan fingerprint density at radius 3 is 2.53 bits per heavy atom. The molecule has 0 bridgehead atoms. The molecule has 17 heavy (non-hydrogen) atoms. The van der Waals surface area contributed by atoms with Gasteiger partial charge in [-0.2, -0.15) is 0 Å². The molecule has 1 aliphatic heterocycles. The highest BCUT2D eigenvalue weighted by atomic mass is 79.9. The van der Waals surface area contributed by atoms with E-state index < -0.39 is 0 Å². The molecule has 1 unspecified atom stereocenters. The van der Waals surface area contributed by atoms with E-state index in [1.54, 1.807) is 0 Å². The lowest BCUT2D eigenvalue weighted by molar-refractivity contribution is 0.162. The van der Waals surface area contributed by atoms with Gasteiger partial charge in [-0.15, -0.1) is 0 Å². The summed E-state index contributed by atoms with van der Waals surface area (Å²) in [5.41, 5.74) is 0.575. The summed E-state index contributed by atoms with van der Waals surface area (Å²) in [6.07, 6.45) is 8.48. The SMILES string of the molecule is CN(CC1CCCN1C)CC1(CBr)CCCC1. The lowest BCUT2D eigenvalue weighted by Gasteiger charge is -2.34. The first-order valence-electron chi connectivity index (χ1n) is 7.10. The van der Waals surface area contributed by atoms with Crippen molar-refractivity contribution in [3.63, 3.8) is 0 Å². The fourth-order valence-electron chi connectivity index (χ4n) is 3.67. The van der Waals surface area contributed by atoms with Gasteiger partial charge in [-0.3, -0.25) is 0 Å². The van der Waals surface area contributed by atoms with E-state index in [0.29, 0.717) is 5.41 Å². The molecule has 1 saturated carbocycles. The lowest BCUT2D eigenvalue weighted by atomic mass is 9.88. The zero-order chi connectivity index (χ0) is 12.3. The summed E-state index contributed by atoms with van der Waals surface area (Å²) >= 11 is 3.75. The van der Waals surface area contributed by atoms with Gasteiger partial charge in [-0.25, -0.2) is 0 Å². The molecule has 0 aromatic rings. The van der Waals surface area contributed by atoms with Crippen LogP contribution in [0.15, 0.2) is 0 Å². The summed E-state index contributed by atoms with van der Waals surface area (Å²) in [5.74, 6) is 0. The molecule has 2 rings (SSSR count). The second kappa shape index (κ2) is 6.03. The molecule has 2 fully saturated rings. The molecular formula is C14H27BrN2. The highest BCUT2D eigenvalue weighted by molar-refractivity contribution is 9.09. The third kappa shape index (κ3) is 3.45. The smallest absolute Gasteiger partial charge is 0.0220 e. The minimum atomic E-state index is 0.575. The number of hydrogen-bond donors (Lipinski definition) is 0. The fourth-order valence-corrected chi connectivity index (χ4v) is 4.40. The molecule has 0 aromatic carbocycles. The van der Waals surface area contributed by atoms with Crippen molar-refractivity contribution in [1.82, 2.24) is 9.80 Å². The monoisotopic (exact) mass is 302 g/mol. The molecule has 100 valence electrons. The Bertz CT molecular complexity index is 238. The minimum Gasteiger partial charge on any atom is -0.304 e. The van der Waals surface area contributed by atoms with Gasteiger partial charge in [0, 0.05) is 24.5 Å². The van der Waals surface area contributed by atoms with Gasteiger partial charge in [0.05, 0.1) is 0 Å². The van der Waals surface area contributed by atoms with Crippen molar-refractivity contribution < 1.29 is 0 Å². The zero-order valence-corrected chi connectivity index (χ0v) is 13.0. The Balaban J connectivity index is 1.81. The van der Waals surface area contributed by atoms with Crippen molar-refractivity contribution in [2.24, 2.45) is 5.41 Å². The van der Waals surface area contributed by atoms with Crippen LogP contribution in [0.4, 0.5) is 0 Å². The van der Waals surface area contributed by atoms with Crippen molar-refractivity contribution in [3.8, 4) is 0 Å². The molecule has 0 spiro atoms. The summed E-state index contributed by atoms with van der Waals surface area (Å²) in [6.45, 7) is 3.83. The zero-order valence-electron chi connectivity index (χ0n) is 11.4. The molecule has 1 aliphatic carbocycles. The molecular weight excluding hydrogens is 276 g/mol. The van der Waals surface area contributed by atoms with Crippen molar-refractivity contribution in [2.45, 2.75) is 44.6 Å². The molecule has 1 heterocycles. The molecule has 1 saturated heterocycles. The first kappa shape index (κ1) is 13.8. The topological polar surface area (TPSA) is 6.48 Å². The molecule has 0 amide bonds. The molecule has 0 radical (unpaired) electrons. The lowest BCUT2D eigenvalue weighted by Crippen LogP contribution is -2.42. The number of halogens is 1. The first-order valence-corrected chi connectivity index (χ1v) is 8.22. The Morgan fingerprint density at radius 1 is 1.29 bits per heavy atom. The summed E-state index contributed by atoms with van der Waals surface area (Å²) < 4.78 is 0. The van der Waals surface area contributed by atoms with Crippen LogP contribution in [0.1, 0.15) is 38.5 Å². The minimum absolute atomic E-state index is 0.575. The molecule has 0 aromatic heterocycles. The maximum Gasteiger partial charge on any atom is 0.0220 e. The van der Waals surface area contributed by atoms with E-state index in [9.17, 15) is 0 Å². The predicted octanol–water partition coefficient (Wildman–Crippen LogP) is 2.97. The largest absolute Gasteiger partial charge is 0.304 e. The van der Waals surface area contributed by atoms with Crippen LogP contribution in [-0.2, 0) is 0 Å². The van der Waals surface area contributed by atoms with Crippen LogP contribution in [-0.4, -0.2) is 54.9 Å². The van der Waals surface area contributed by atoms with Crippen molar-refractivity contribution >= 4 is 15.9 Å². The summed E-state index contributed by atoms with van der Waals surface area (Å²) in [6, 6.07) is 0.800. The van der Waals surface area contributed by atoms with Crippen LogP contribution in [0, 0.1) is 5.41 Å². The van der Waals surface area contributed by atoms with Crippen LogP contribution in [0.5, 0.6) is 0 Å². The van der Waals surface area contributed by atoms with Gasteiger partial charge >= 0.3 is 0 Å². The summed E-state index contributed by atoms with van der Waals surface area (Å²) in [5, 5.41) is 1.19. The number of hydrogen-bond acceptors (Lipinski definition) is 2. The second-order valence-electron chi connectivity index (χ2n) is 6.31. The van der Waals surface area contributed by atoms with E-state index in [2.05, 4.69) is 39.8 Å². The van der Waals surface area contributed by atoms with Gasteiger partial charge in [0.15, 0.2) is 0 Å². The van der Waals surface area contributed by atoms with Gasteiger partial charge in [0.25, 0.3) is 0 Å². The maximum atomic E-state index is 3.75. The quantitative estimate of drug-likeness (QED) is 0.721. The molecule has 2 aliphatic rings. The van der Waals surface area contributed by atoms with E-state index in [4.69, 9.17) is 0 Å². The average molecular weight is 303 g/mol. The van der Waals surface area contributed by atoms with E-state index in [-0.39, 0.29) is 0 Å². The predicted molar refractivity (Wildman–Crippen MR) is 77.8 cm³/mol. The maximum absolute atomic E-state index is 3.75. The average Bonchev–Trinajstić information content (AvgIpc) is 2.90. The third-order valence-electron chi connectivity index (χ3n) is 4.75. The van der Waals surface area contributed by atoms with Crippen LogP contribution in [0.2, 0.25) is 0 Å². The molecule has 1 atom stereocenters. The molecule has 2 nitrogen and oxygen atoms in total. The number of likely N-dealkylation sites (tertiary alicyclic amines) is 1. The number of nitrogens with zero attached hydrogens (tertiary/aromatic N) is 2. The van der Waals surface area contributed by atoms with E-state index in [1.807, 2.05) is 0 Å². The molecule has 3 heteroatoms. The summed E-state index contributed by atoms with van der Waals surface area (Å²) in [4.78, 5) is 5.12. The van der Waals surface area contributed by atoms with Crippen LogP contribution < -0.4 is 0 Å². The standard InChI is InChI=1S/C14H27BrN2/c1-16(10-13-6-5-9-17(13)2)12-14(11-15)7-3-4-8-14/h13H,3-12H2,1-2H3. The van der Waals surface area contributed by atoms with Gasteiger partial charge < -0.3 is 9.80 Å². The van der Waals surface area contributed by atoms with Crippen molar-refractivity contribution in [3.05, 3.63) is 0 Å². The Morgan fingerprint density at radius 2 is 2.00 bits per heavy atom. The number of alkyl halides is 1. The van der Waals surface area contributed by atoms with Crippen LogP contribution in [0.25, 0.3) is 0 Å². The highest BCUT2D eigenvalue weighted by Gasteiger charge is 2.34. The number of likely N-dealkylation sites (N-methyl/N-ethyl adjacent to an activating group) is 2. The normalized spacial score (nSPS) is 29.3. The first-order chi connectivity index (χ1) is 8.15. The Labute approximate surface area is 115 Å². The van der Waals surface area contributed by atoms with Gasteiger partial charge in [-0.1, -0.05) is 28.8 Å². The number of rotatable bonds is 5. The van der Waals surface area contributed by atoms with Crippen LogP contribution in [0.3, 0.4) is 0 Å². The second-order valence-corrected chi connectivity index (χ2v) is 6.87. The summed E-state index contributed by atoms with van der Waals surface area (Å²) in [7, 11) is 4.59. The van der Waals surface area contributed by atoms with Gasteiger partial charge in [0.1, 0.15) is 0 Å². The Kier molecular flexibility index (Phi) is 4.90. The fraction of sp³-hybridized carbons (Fsp3) is 1.00. The van der Waals surface area contributed by atoms with Crippen molar-refractivity contribution in [1.29, 1.82) is 0 Å². The van der Waals surface area contributed by atoms with E-state index >= 15 is 0 Å². The van der Waals surface area contributed by atoms with Gasteiger partial charge in [0.2, 0.25) is 0 Å². The van der Waals surface area contributed by atoms with Crippen LogP contribution >= 0.6 is 15.9 Å². The van der Waals surface area contributed by atoms with Gasteiger partial charge in [-0.05, 0) is 51.7 Å². The van der Waals surface area contributed by atoms with E-state index in [1.165, 1.54) is 63.5 Å². The molecule has 0 N–H and O–H groups in total. The van der Waals surface area contributed by atoms with Crippen molar-refractivity contribution in [2.75, 3.05) is 39.1 Å². The Hall–Kier alpha value is 0.400. The van der Waals surface area contributed by atoms with E-state index in [0.717, 1.165) is 6.04 Å². The highest BCUT2D eigenvalue weighted by Crippen LogP contribution is 2.40.